The zero-order valence-corrected chi connectivity index (χ0v) is 14.9. The highest BCUT2D eigenvalue weighted by Crippen LogP contribution is 2.37. The number of rotatable bonds is 5. The second-order valence-electron chi connectivity index (χ2n) is 6.50. The van der Waals surface area contributed by atoms with Crippen LogP contribution in [0.2, 0.25) is 0 Å². The molecule has 0 saturated heterocycles. The first-order valence-electron chi connectivity index (χ1n) is 8.52. The van der Waals surface area contributed by atoms with Crippen LogP contribution >= 0.6 is 0 Å². The quantitative estimate of drug-likeness (QED) is 0.870. The van der Waals surface area contributed by atoms with Crippen molar-refractivity contribution >= 4 is 5.70 Å². The maximum absolute atomic E-state index is 14.5. The molecule has 3 rings (SSSR count). The molecule has 0 aliphatic carbocycles. The van der Waals surface area contributed by atoms with Gasteiger partial charge < -0.3 is 15.2 Å². The number of aromatic nitrogens is 1. The average Bonchev–Trinajstić information content (AvgIpc) is 2.58. The summed E-state index contributed by atoms with van der Waals surface area (Å²) < 4.78 is 38.3. The number of fused-ring (bicyclic) bond motifs is 1. The Morgan fingerprint density at radius 2 is 2.19 bits per heavy atom. The zero-order valence-electron chi connectivity index (χ0n) is 14.9. The molecule has 2 N–H and O–H groups in total. The topological polar surface area (TPSA) is 57.4 Å². The van der Waals surface area contributed by atoms with Gasteiger partial charge in [0, 0.05) is 11.1 Å². The summed E-state index contributed by atoms with van der Waals surface area (Å²) in [5, 5.41) is 0. The molecule has 26 heavy (non-hydrogen) atoms. The molecular formula is C20H22F2N2O2. The Bertz CT molecular complexity index is 837. The Balaban J connectivity index is 2.02. The van der Waals surface area contributed by atoms with Gasteiger partial charge in [0.05, 0.1) is 18.0 Å². The van der Waals surface area contributed by atoms with Gasteiger partial charge in [0.15, 0.2) is 6.36 Å². The Kier molecular flexibility index (Phi) is 5.23. The molecule has 1 unspecified atom stereocenters. The number of benzene rings is 1. The van der Waals surface area contributed by atoms with E-state index in [-0.39, 0.29) is 24.2 Å². The van der Waals surface area contributed by atoms with Gasteiger partial charge in [0.1, 0.15) is 11.9 Å². The van der Waals surface area contributed by atoms with Crippen molar-refractivity contribution in [3.05, 3.63) is 53.5 Å². The lowest BCUT2D eigenvalue weighted by Crippen LogP contribution is -2.30. The minimum Gasteiger partial charge on any atom is -0.472 e. The molecule has 2 atom stereocenters. The lowest BCUT2D eigenvalue weighted by atomic mass is 9.93. The number of alkyl halides is 1. The highest BCUT2D eigenvalue weighted by molar-refractivity contribution is 5.74. The number of hydrogen-bond acceptors (Lipinski definition) is 4. The minimum absolute atomic E-state index is 0.126. The summed E-state index contributed by atoms with van der Waals surface area (Å²) >= 11 is 0. The fourth-order valence-electron chi connectivity index (χ4n) is 3.01. The van der Waals surface area contributed by atoms with Crippen LogP contribution in [0.4, 0.5) is 8.78 Å². The number of pyridine rings is 1. The summed E-state index contributed by atoms with van der Waals surface area (Å²) in [4.78, 5) is 4.40. The predicted octanol–water partition coefficient (Wildman–Crippen LogP) is 4.15. The SMILES string of the molecule is C=C(N)c1cc(-c2ccc(C)cc2F)c2c(n1)O[C@@H](COC(C)F)CC2. The molecule has 0 spiro atoms. The van der Waals surface area contributed by atoms with Crippen LogP contribution in [0.15, 0.2) is 30.8 Å². The van der Waals surface area contributed by atoms with Gasteiger partial charge in [-0.3, -0.25) is 0 Å². The summed E-state index contributed by atoms with van der Waals surface area (Å²) in [5.41, 5.74) is 9.30. The summed E-state index contributed by atoms with van der Waals surface area (Å²) in [6, 6.07) is 6.81. The third-order valence-corrected chi connectivity index (χ3v) is 4.34. The lowest BCUT2D eigenvalue weighted by molar-refractivity contribution is -0.0603. The summed E-state index contributed by atoms with van der Waals surface area (Å²) in [6.45, 7) is 7.00. The molecule has 4 nitrogen and oxygen atoms in total. The smallest absolute Gasteiger partial charge is 0.218 e. The first kappa shape index (κ1) is 18.3. The van der Waals surface area contributed by atoms with Crippen LogP contribution in [0.25, 0.3) is 16.8 Å². The molecule has 2 heterocycles. The number of halogens is 2. The van der Waals surface area contributed by atoms with E-state index in [1.165, 1.54) is 13.0 Å². The normalized spacial score (nSPS) is 17.3. The van der Waals surface area contributed by atoms with E-state index in [9.17, 15) is 8.78 Å². The van der Waals surface area contributed by atoms with Crippen LogP contribution < -0.4 is 10.5 Å². The van der Waals surface area contributed by atoms with Gasteiger partial charge in [0.2, 0.25) is 5.88 Å². The maximum atomic E-state index is 14.5. The molecule has 6 heteroatoms. The van der Waals surface area contributed by atoms with Gasteiger partial charge in [-0.05, 0) is 49.9 Å². The third kappa shape index (κ3) is 3.85. The van der Waals surface area contributed by atoms with Crippen molar-refractivity contribution in [2.24, 2.45) is 5.73 Å². The minimum atomic E-state index is -1.36. The summed E-state index contributed by atoms with van der Waals surface area (Å²) in [6.07, 6.45) is -0.424. The standard InChI is InChI=1S/C20H22F2N2O2/c1-11-4-6-15(18(22)8-11)17-9-19(12(2)23)24-20-16(17)7-5-14(26-20)10-25-13(3)21/h4,6,8-9,13-14H,2,5,7,10,23H2,1,3H3/t13?,14-/m1/s1. The van der Waals surface area contributed by atoms with Crippen LogP contribution in [-0.2, 0) is 11.2 Å². The molecule has 1 aromatic heterocycles. The highest BCUT2D eigenvalue weighted by atomic mass is 19.1. The fraction of sp³-hybridized carbons (Fsp3) is 0.350. The molecule has 0 bridgehead atoms. The first-order chi connectivity index (χ1) is 12.3. The third-order valence-electron chi connectivity index (χ3n) is 4.34. The van der Waals surface area contributed by atoms with E-state index in [1.54, 1.807) is 12.1 Å². The Labute approximate surface area is 151 Å². The molecule has 138 valence electrons. The molecule has 0 saturated carbocycles. The van der Waals surface area contributed by atoms with E-state index >= 15 is 0 Å². The van der Waals surface area contributed by atoms with Gasteiger partial charge in [0.25, 0.3) is 0 Å². The number of ether oxygens (including phenoxy) is 2. The molecule has 0 amide bonds. The van der Waals surface area contributed by atoms with Crippen LogP contribution in [0.1, 0.15) is 30.2 Å². The van der Waals surface area contributed by atoms with Crippen molar-refractivity contribution in [1.82, 2.24) is 4.98 Å². The van der Waals surface area contributed by atoms with Crippen LogP contribution in [0, 0.1) is 12.7 Å². The highest BCUT2D eigenvalue weighted by Gasteiger charge is 2.26. The molecule has 0 radical (unpaired) electrons. The van der Waals surface area contributed by atoms with Crippen molar-refractivity contribution < 1.29 is 18.3 Å². The van der Waals surface area contributed by atoms with Gasteiger partial charge in [-0.15, -0.1) is 0 Å². The number of nitrogens with zero attached hydrogens (tertiary/aromatic N) is 1. The maximum Gasteiger partial charge on any atom is 0.218 e. The van der Waals surface area contributed by atoms with Crippen molar-refractivity contribution in [3.63, 3.8) is 0 Å². The Morgan fingerprint density at radius 3 is 2.85 bits per heavy atom. The van der Waals surface area contributed by atoms with E-state index in [0.29, 0.717) is 35.5 Å². The Morgan fingerprint density at radius 1 is 1.42 bits per heavy atom. The van der Waals surface area contributed by atoms with Crippen molar-refractivity contribution in [2.75, 3.05) is 6.61 Å². The van der Waals surface area contributed by atoms with E-state index in [2.05, 4.69) is 11.6 Å². The van der Waals surface area contributed by atoms with Crippen LogP contribution in [0.3, 0.4) is 0 Å². The monoisotopic (exact) mass is 360 g/mol. The molecule has 0 fully saturated rings. The van der Waals surface area contributed by atoms with Crippen molar-refractivity contribution in [1.29, 1.82) is 0 Å². The second kappa shape index (κ2) is 7.41. The molecular weight excluding hydrogens is 338 g/mol. The predicted molar refractivity (Wildman–Crippen MR) is 96.8 cm³/mol. The molecule has 1 aromatic carbocycles. The van der Waals surface area contributed by atoms with Crippen LogP contribution in [-0.4, -0.2) is 24.1 Å². The van der Waals surface area contributed by atoms with E-state index in [4.69, 9.17) is 15.2 Å². The summed E-state index contributed by atoms with van der Waals surface area (Å²) in [5.74, 6) is 0.0548. The second-order valence-corrected chi connectivity index (χ2v) is 6.50. The lowest BCUT2D eigenvalue weighted by Gasteiger charge is -2.27. The fourth-order valence-corrected chi connectivity index (χ4v) is 3.01. The summed E-state index contributed by atoms with van der Waals surface area (Å²) in [7, 11) is 0. The van der Waals surface area contributed by atoms with Crippen molar-refractivity contribution in [2.45, 2.75) is 39.2 Å². The Hall–Kier alpha value is -2.47. The molecule has 1 aliphatic rings. The van der Waals surface area contributed by atoms with Gasteiger partial charge in [-0.1, -0.05) is 18.7 Å². The first-order valence-corrected chi connectivity index (χ1v) is 8.52. The van der Waals surface area contributed by atoms with Gasteiger partial charge in [-0.25, -0.2) is 13.8 Å². The van der Waals surface area contributed by atoms with Gasteiger partial charge in [-0.2, -0.15) is 0 Å². The molecule has 2 aromatic rings. The average molecular weight is 360 g/mol. The van der Waals surface area contributed by atoms with Crippen molar-refractivity contribution in [3.8, 4) is 17.0 Å². The number of hydrogen-bond donors (Lipinski definition) is 1. The zero-order chi connectivity index (χ0) is 18.8. The van der Waals surface area contributed by atoms with Crippen LogP contribution in [0.5, 0.6) is 5.88 Å². The van der Waals surface area contributed by atoms with E-state index in [1.807, 2.05) is 13.0 Å². The molecule has 1 aliphatic heterocycles. The van der Waals surface area contributed by atoms with Gasteiger partial charge >= 0.3 is 0 Å². The number of aryl methyl sites for hydroxylation is 1. The number of nitrogens with two attached hydrogens (primary N) is 1. The largest absolute Gasteiger partial charge is 0.472 e. The van der Waals surface area contributed by atoms with E-state index < -0.39 is 6.36 Å². The van der Waals surface area contributed by atoms with E-state index in [0.717, 1.165) is 11.1 Å².